The predicted molar refractivity (Wildman–Crippen MR) is 96.9 cm³/mol. The molecule has 0 saturated heterocycles. The van der Waals surface area contributed by atoms with Crippen LogP contribution in [0.3, 0.4) is 0 Å². The average molecular weight is 401 g/mol. The maximum absolute atomic E-state index is 5.24. The zero-order chi connectivity index (χ0) is 13.8. The molecule has 116 valence electrons. The van der Waals surface area contributed by atoms with Gasteiger partial charge in [-0.3, -0.25) is 4.99 Å². The molecule has 0 radical (unpaired) electrons. The van der Waals surface area contributed by atoms with Crippen LogP contribution in [-0.2, 0) is 5.41 Å². The Morgan fingerprint density at radius 2 is 2.00 bits per heavy atom. The summed E-state index contributed by atoms with van der Waals surface area (Å²) in [5.41, 5.74) is 1.68. The molecule has 0 spiro atoms. The van der Waals surface area contributed by atoms with Crippen LogP contribution in [-0.4, -0.2) is 32.7 Å². The molecule has 0 unspecified atom stereocenters. The van der Waals surface area contributed by atoms with Gasteiger partial charge in [0.05, 0.1) is 7.11 Å². The van der Waals surface area contributed by atoms with E-state index in [0.29, 0.717) is 0 Å². The Hall–Kier alpha value is -0.980. The van der Waals surface area contributed by atoms with Crippen molar-refractivity contribution in [2.24, 2.45) is 4.99 Å². The van der Waals surface area contributed by atoms with Crippen molar-refractivity contribution in [3.8, 4) is 5.75 Å². The molecule has 2 aliphatic rings. The molecule has 1 aromatic rings. The number of hydrogen-bond acceptors (Lipinski definition) is 4. The molecule has 21 heavy (non-hydrogen) atoms. The van der Waals surface area contributed by atoms with Gasteiger partial charge in [-0.25, -0.2) is 0 Å². The minimum absolute atomic E-state index is 0. The lowest BCUT2D eigenvalue weighted by Crippen LogP contribution is -2.50. The molecule has 1 aliphatic carbocycles. The number of guanidine groups is 1. The third kappa shape index (κ3) is 3.62. The highest BCUT2D eigenvalue weighted by atomic mass is 127. The summed E-state index contributed by atoms with van der Waals surface area (Å²) in [6, 6.07) is 8.53. The number of methoxy groups -OCH3 is 1. The third-order valence-corrected chi connectivity index (χ3v) is 4.50. The van der Waals surface area contributed by atoms with Crippen molar-refractivity contribution in [3.05, 3.63) is 29.8 Å². The molecule has 5 heteroatoms. The molecular formula is C16H24IN3O. The van der Waals surface area contributed by atoms with Crippen LogP contribution >= 0.6 is 24.0 Å². The summed E-state index contributed by atoms with van der Waals surface area (Å²) in [6.07, 6.45) is 4.95. The highest BCUT2D eigenvalue weighted by Gasteiger charge is 2.38. The van der Waals surface area contributed by atoms with Gasteiger partial charge in [0.2, 0.25) is 0 Å². The topological polar surface area (TPSA) is 45.6 Å². The number of nitrogens with zero attached hydrogens (tertiary/aromatic N) is 1. The minimum atomic E-state index is 0. The average Bonchev–Trinajstić information content (AvgIpc) is 2.48. The first-order valence-electron chi connectivity index (χ1n) is 7.49. The zero-order valence-corrected chi connectivity index (χ0v) is 14.9. The van der Waals surface area contributed by atoms with Crippen LogP contribution in [0.15, 0.2) is 29.3 Å². The van der Waals surface area contributed by atoms with Gasteiger partial charge in [-0.05, 0) is 37.0 Å². The van der Waals surface area contributed by atoms with Crippen molar-refractivity contribution in [2.45, 2.75) is 31.1 Å². The van der Waals surface area contributed by atoms with Crippen LogP contribution < -0.4 is 15.4 Å². The van der Waals surface area contributed by atoms with E-state index in [2.05, 4.69) is 39.9 Å². The molecule has 1 saturated carbocycles. The van der Waals surface area contributed by atoms with Gasteiger partial charge in [0.1, 0.15) is 5.75 Å². The lowest BCUT2D eigenvalue weighted by molar-refractivity contribution is 0.243. The fourth-order valence-corrected chi connectivity index (χ4v) is 3.02. The fourth-order valence-electron chi connectivity index (χ4n) is 3.02. The Bertz CT molecular complexity index is 483. The van der Waals surface area contributed by atoms with Gasteiger partial charge in [-0.2, -0.15) is 0 Å². The summed E-state index contributed by atoms with van der Waals surface area (Å²) >= 11 is 0. The molecule has 0 amide bonds. The molecule has 1 fully saturated rings. The monoisotopic (exact) mass is 401 g/mol. The Morgan fingerprint density at radius 3 is 2.52 bits per heavy atom. The SMILES string of the molecule is COc1ccc(C2(CNC3=NCCCN3)CCC2)cc1.I. The van der Waals surface area contributed by atoms with Crippen molar-refractivity contribution in [1.82, 2.24) is 10.6 Å². The number of benzene rings is 1. The van der Waals surface area contributed by atoms with Crippen molar-refractivity contribution in [3.63, 3.8) is 0 Å². The van der Waals surface area contributed by atoms with E-state index in [-0.39, 0.29) is 29.4 Å². The summed E-state index contributed by atoms with van der Waals surface area (Å²) in [5.74, 6) is 1.89. The van der Waals surface area contributed by atoms with Gasteiger partial charge < -0.3 is 15.4 Å². The van der Waals surface area contributed by atoms with Gasteiger partial charge in [0.15, 0.2) is 5.96 Å². The Kier molecular flexibility index (Phi) is 5.72. The molecule has 2 N–H and O–H groups in total. The standard InChI is InChI=1S/C16H23N3O.HI/c1-20-14-6-4-13(5-7-14)16(8-2-9-16)12-19-15-17-10-3-11-18-15;/h4-7H,2-3,8-12H2,1H3,(H2,17,18,19);1H. The minimum Gasteiger partial charge on any atom is -0.497 e. The predicted octanol–water partition coefficient (Wildman–Crippen LogP) is 2.67. The lowest BCUT2D eigenvalue weighted by atomic mass is 9.64. The first-order chi connectivity index (χ1) is 9.82. The smallest absolute Gasteiger partial charge is 0.191 e. The van der Waals surface area contributed by atoms with E-state index < -0.39 is 0 Å². The Balaban J connectivity index is 0.00000161. The first kappa shape index (κ1) is 16.4. The molecule has 3 rings (SSSR count). The van der Waals surface area contributed by atoms with Gasteiger partial charge in [0, 0.05) is 25.0 Å². The molecule has 0 atom stereocenters. The van der Waals surface area contributed by atoms with Crippen molar-refractivity contribution < 1.29 is 4.74 Å². The van der Waals surface area contributed by atoms with E-state index >= 15 is 0 Å². The Labute approximate surface area is 143 Å². The molecule has 1 heterocycles. The summed E-state index contributed by atoms with van der Waals surface area (Å²) in [4.78, 5) is 4.49. The van der Waals surface area contributed by atoms with Crippen LogP contribution in [0.1, 0.15) is 31.2 Å². The maximum atomic E-state index is 5.24. The third-order valence-electron chi connectivity index (χ3n) is 4.50. The van der Waals surface area contributed by atoms with Crippen LogP contribution in [0.25, 0.3) is 0 Å². The van der Waals surface area contributed by atoms with Gasteiger partial charge in [-0.1, -0.05) is 18.6 Å². The van der Waals surface area contributed by atoms with Gasteiger partial charge in [-0.15, -0.1) is 24.0 Å². The zero-order valence-electron chi connectivity index (χ0n) is 12.5. The summed E-state index contributed by atoms with van der Waals surface area (Å²) in [5, 5.41) is 6.83. The fraction of sp³-hybridized carbons (Fsp3) is 0.562. The lowest BCUT2D eigenvalue weighted by Gasteiger charge is -2.43. The van der Waals surface area contributed by atoms with Crippen molar-refractivity contribution in [2.75, 3.05) is 26.7 Å². The van der Waals surface area contributed by atoms with Crippen LogP contribution in [0.5, 0.6) is 5.75 Å². The van der Waals surface area contributed by atoms with E-state index in [0.717, 1.165) is 37.8 Å². The number of hydrogen-bond donors (Lipinski definition) is 2. The summed E-state index contributed by atoms with van der Waals surface area (Å²) in [6.45, 7) is 2.93. The molecule has 0 bridgehead atoms. The van der Waals surface area contributed by atoms with E-state index in [4.69, 9.17) is 4.74 Å². The maximum Gasteiger partial charge on any atom is 0.191 e. The van der Waals surface area contributed by atoms with E-state index in [1.165, 1.54) is 24.8 Å². The summed E-state index contributed by atoms with van der Waals surface area (Å²) in [7, 11) is 1.71. The summed E-state index contributed by atoms with van der Waals surface area (Å²) < 4.78 is 5.24. The van der Waals surface area contributed by atoms with Crippen LogP contribution in [0, 0.1) is 0 Å². The van der Waals surface area contributed by atoms with Gasteiger partial charge in [0.25, 0.3) is 0 Å². The molecule has 1 aromatic carbocycles. The van der Waals surface area contributed by atoms with Crippen molar-refractivity contribution in [1.29, 1.82) is 0 Å². The molecule has 1 aliphatic heterocycles. The quantitative estimate of drug-likeness (QED) is 0.763. The van der Waals surface area contributed by atoms with E-state index in [1.54, 1.807) is 7.11 Å². The second-order valence-electron chi connectivity index (χ2n) is 5.73. The highest BCUT2D eigenvalue weighted by molar-refractivity contribution is 14.0. The number of rotatable bonds is 4. The van der Waals surface area contributed by atoms with E-state index in [1.807, 2.05) is 0 Å². The number of halogens is 1. The molecular weight excluding hydrogens is 377 g/mol. The van der Waals surface area contributed by atoms with E-state index in [9.17, 15) is 0 Å². The largest absolute Gasteiger partial charge is 0.497 e. The Morgan fingerprint density at radius 1 is 1.24 bits per heavy atom. The van der Waals surface area contributed by atoms with Gasteiger partial charge >= 0.3 is 0 Å². The second-order valence-corrected chi connectivity index (χ2v) is 5.73. The second kappa shape index (κ2) is 7.33. The normalized spacial score (nSPS) is 19.4. The molecule has 0 aromatic heterocycles. The van der Waals surface area contributed by atoms with Crippen LogP contribution in [0.2, 0.25) is 0 Å². The first-order valence-corrected chi connectivity index (χ1v) is 7.49. The number of ether oxygens (including phenoxy) is 1. The van der Waals surface area contributed by atoms with Crippen molar-refractivity contribution >= 4 is 29.9 Å². The highest BCUT2D eigenvalue weighted by Crippen LogP contribution is 2.43. The molecule has 4 nitrogen and oxygen atoms in total. The number of nitrogens with one attached hydrogen (secondary N) is 2. The van der Waals surface area contributed by atoms with Crippen LogP contribution in [0.4, 0.5) is 0 Å². The number of aliphatic imine (C=N–C) groups is 1.